The molecule has 39 heavy (non-hydrogen) atoms. The van der Waals surface area contributed by atoms with Gasteiger partial charge in [-0.15, -0.1) is 0 Å². The number of nitrogens with zero attached hydrogens (tertiary/aromatic N) is 2. The molecular formula is C28H37BN4O6. The fraction of sp³-hybridized carbons (Fsp3) is 0.464. The average Bonchev–Trinajstić information content (AvgIpc) is 3.46. The molecule has 11 heteroatoms. The van der Waals surface area contributed by atoms with Crippen LogP contribution in [0.2, 0.25) is 0 Å². The van der Waals surface area contributed by atoms with Crippen LogP contribution in [-0.2, 0) is 32.0 Å². The third kappa shape index (κ3) is 9.29. The molecule has 0 aliphatic carbocycles. The van der Waals surface area contributed by atoms with E-state index in [1.165, 1.54) is 12.0 Å². The summed E-state index contributed by atoms with van der Waals surface area (Å²) in [4.78, 5) is 52.3. The second-order valence-corrected chi connectivity index (χ2v) is 9.75. The number of nitroso groups, excluding NO2 is 1. The molecule has 0 spiro atoms. The van der Waals surface area contributed by atoms with Crippen molar-refractivity contribution in [2.75, 3.05) is 20.3 Å². The van der Waals surface area contributed by atoms with Crippen molar-refractivity contribution in [3.63, 3.8) is 0 Å². The summed E-state index contributed by atoms with van der Waals surface area (Å²) in [6.45, 7) is 0.766. The molecule has 0 aromatic heterocycles. The monoisotopic (exact) mass is 536 g/mol. The zero-order valence-electron chi connectivity index (χ0n) is 22.3. The van der Waals surface area contributed by atoms with Crippen molar-refractivity contribution in [2.24, 2.45) is 5.09 Å². The highest BCUT2D eigenvalue weighted by atomic mass is 16.5. The number of amides is 3. The number of methoxy groups -OCH3 is 1. The number of ether oxygens (including phenoxy) is 1. The summed E-state index contributed by atoms with van der Waals surface area (Å²) in [5.41, 5.74) is 1.92. The molecule has 208 valence electrons. The molecule has 0 unspecified atom stereocenters. The van der Waals surface area contributed by atoms with Crippen LogP contribution in [-0.4, -0.2) is 73.0 Å². The van der Waals surface area contributed by atoms with E-state index in [1.807, 2.05) is 60.7 Å². The van der Waals surface area contributed by atoms with E-state index >= 15 is 0 Å². The van der Waals surface area contributed by atoms with Gasteiger partial charge in [-0.25, -0.2) is 0 Å². The summed E-state index contributed by atoms with van der Waals surface area (Å²) in [5.74, 6) is -1.93. The summed E-state index contributed by atoms with van der Waals surface area (Å²) in [7, 11) is -0.0675. The van der Waals surface area contributed by atoms with E-state index in [1.54, 1.807) is 0 Å². The first kappa shape index (κ1) is 30.0. The number of nitrogens with one attached hydrogen (secondary N) is 2. The van der Waals surface area contributed by atoms with Crippen LogP contribution in [0.15, 0.2) is 65.8 Å². The molecule has 3 atom stereocenters. The van der Waals surface area contributed by atoms with Gasteiger partial charge in [0.1, 0.15) is 12.1 Å². The van der Waals surface area contributed by atoms with Gasteiger partial charge in [-0.2, -0.15) is 4.91 Å². The minimum absolute atomic E-state index is 0.228. The first-order chi connectivity index (χ1) is 18.9. The van der Waals surface area contributed by atoms with Gasteiger partial charge in [0.25, 0.3) is 0 Å². The van der Waals surface area contributed by atoms with E-state index in [9.17, 15) is 24.3 Å². The van der Waals surface area contributed by atoms with Crippen molar-refractivity contribution >= 4 is 24.8 Å². The summed E-state index contributed by atoms with van der Waals surface area (Å²) < 4.78 is 5.02. The lowest BCUT2D eigenvalue weighted by molar-refractivity contribution is -0.141. The number of hydrogen-bond acceptors (Lipinski definition) is 7. The van der Waals surface area contributed by atoms with E-state index in [0.717, 1.165) is 11.1 Å². The molecule has 3 rings (SSSR count). The van der Waals surface area contributed by atoms with Crippen LogP contribution in [0.25, 0.3) is 0 Å². The smallest absolute Gasteiger partial charge is 0.428 e. The molecule has 3 amide bonds. The molecular weight excluding hydrogens is 499 g/mol. The lowest BCUT2D eigenvalue weighted by atomic mass is 9.72. The minimum atomic E-state index is -1.61. The molecule has 0 bridgehead atoms. The highest BCUT2D eigenvalue weighted by Crippen LogP contribution is 2.21. The van der Waals surface area contributed by atoms with Crippen molar-refractivity contribution in [1.29, 1.82) is 0 Å². The second-order valence-electron chi connectivity index (χ2n) is 9.75. The van der Waals surface area contributed by atoms with E-state index in [-0.39, 0.29) is 24.7 Å². The number of likely N-dealkylation sites (tertiary alicyclic amines) is 1. The summed E-state index contributed by atoms with van der Waals surface area (Å²) >= 11 is 0. The van der Waals surface area contributed by atoms with Gasteiger partial charge in [0.15, 0.2) is 0 Å². The number of hydrogen-bond donors (Lipinski definition) is 3. The average molecular weight is 536 g/mol. The van der Waals surface area contributed by atoms with Gasteiger partial charge in [-0.3, -0.25) is 14.4 Å². The highest BCUT2D eigenvalue weighted by molar-refractivity contribution is 6.50. The van der Waals surface area contributed by atoms with Crippen molar-refractivity contribution < 1.29 is 24.1 Å². The van der Waals surface area contributed by atoms with Gasteiger partial charge in [0, 0.05) is 33.1 Å². The maximum atomic E-state index is 13.8. The molecule has 0 saturated carbocycles. The Labute approximate surface area is 229 Å². The van der Waals surface area contributed by atoms with Crippen LogP contribution >= 0.6 is 0 Å². The molecule has 0 radical (unpaired) electrons. The topological polar surface area (TPSA) is 137 Å². The van der Waals surface area contributed by atoms with Crippen molar-refractivity contribution in [3.05, 3.63) is 76.7 Å². The van der Waals surface area contributed by atoms with Crippen LogP contribution in [0.4, 0.5) is 0 Å². The van der Waals surface area contributed by atoms with Crippen molar-refractivity contribution in [3.8, 4) is 0 Å². The van der Waals surface area contributed by atoms with Gasteiger partial charge in [0.05, 0.1) is 5.94 Å². The van der Waals surface area contributed by atoms with Gasteiger partial charge in [0.2, 0.25) is 17.7 Å². The Kier molecular flexibility index (Phi) is 12.1. The zero-order chi connectivity index (χ0) is 28.0. The van der Waals surface area contributed by atoms with Crippen LogP contribution in [0.1, 0.15) is 43.2 Å². The normalized spacial score (nSPS) is 16.3. The summed E-state index contributed by atoms with van der Waals surface area (Å²) in [6, 6.07) is 17.4. The van der Waals surface area contributed by atoms with Gasteiger partial charge < -0.3 is 25.3 Å². The Morgan fingerprint density at radius 1 is 1.08 bits per heavy atom. The molecule has 1 saturated heterocycles. The van der Waals surface area contributed by atoms with E-state index in [0.29, 0.717) is 45.3 Å². The number of benzene rings is 2. The van der Waals surface area contributed by atoms with Gasteiger partial charge in [-0.1, -0.05) is 65.8 Å². The zero-order valence-corrected chi connectivity index (χ0v) is 22.3. The quantitative estimate of drug-likeness (QED) is 0.181. The Morgan fingerprint density at radius 2 is 1.74 bits per heavy atom. The molecule has 1 aliphatic heterocycles. The van der Waals surface area contributed by atoms with Gasteiger partial charge >= 0.3 is 7.05 Å². The third-order valence-electron chi connectivity index (χ3n) is 6.90. The fourth-order valence-corrected chi connectivity index (χ4v) is 4.82. The molecule has 1 aliphatic rings. The molecule has 3 N–H and O–H groups in total. The third-order valence-corrected chi connectivity index (χ3v) is 6.90. The lowest BCUT2D eigenvalue weighted by Crippen LogP contribution is -2.56. The number of aryl methyl sites for hydroxylation is 1. The maximum Gasteiger partial charge on any atom is 0.506 e. The van der Waals surface area contributed by atoms with Crippen LogP contribution in [0, 0.1) is 4.91 Å². The Morgan fingerprint density at radius 3 is 2.38 bits per heavy atom. The lowest BCUT2D eigenvalue weighted by Gasteiger charge is -2.30. The van der Waals surface area contributed by atoms with Crippen LogP contribution in [0.5, 0.6) is 0 Å². The van der Waals surface area contributed by atoms with Gasteiger partial charge in [-0.05, 0) is 43.2 Å². The standard InChI is InChI=1S/C28H37BN4O6/c1-39-19-9-15-25(29(37)32-38)31-27(35)24-14-8-18-33(24)28(36)23(20-22-12-6-3-7-13-22)30-26(34)17-16-21-10-4-2-5-11-21/h2-7,10-13,23-25,37H,8-9,14-20H2,1H3,(H,30,34)(H,31,35)/t23-,24+,25+/m1/s1. The summed E-state index contributed by atoms with van der Waals surface area (Å²) in [5, 5.41) is 18.3. The number of carbonyl (C=O) groups is 3. The number of carbonyl (C=O) groups excluding carboxylic acids is 3. The molecule has 2 aromatic carbocycles. The first-order valence-corrected chi connectivity index (χ1v) is 13.4. The molecule has 1 heterocycles. The predicted molar refractivity (Wildman–Crippen MR) is 148 cm³/mol. The highest BCUT2D eigenvalue weighted by Gasteiger charge is 2.39. The van der Waals surface area contributed by atoms with E-state index in [4.69, 9.17) is 4.74 Å². The fourth-order valence-electron chi connectivity index (χ4n) is 4.82. The molecule has 10 nitrogen and oxygen atoms in total. The van der Waals surface area contributed by atoms with E-state index in [2.05, 4.69) is 15.7 Å². The number of rotatable bonds is 15. The van der Waals surface area contributed by atoms with Crippen LogP contribution in [0.3, 0.4) is 0 Å². The Hall–Kier alpha value is -3.57. The largest absolute Gasteiger partial charge is 0.506 e. The van der Waals surface area contributed by atoms with Crippen LogP contribution < -0.4 is 10.6 Å². The SMILES string of the molecule is COCCC[C@H](NC(=O)[C@@H]1CCCN1C(=O)[C@@H](Cc1ccccc1)NC(=O)CCc1ccccc1)B(O)N=O. The molecule has 2 aromatic rings. The predicted octanol–water partition coefficient (Wildman–Crippen LogP) is 2.04. The Bertz CT molecular complexity index is 1070. The van der Waals surface area contributed by atoms with E-state index < -0.39 is 31.0 Å². The molecule has 1 fully saturated rings. The maximum absolute atomic E-state index is 13.8. The van der Waals surface area contributed by atoms with Crippen molar-refractivity contribution in [1.82, 2.24) is 15.5 Å². The van der Waals surface area contributed by atoms with Crippen molar-refractivity contribution in [2.45, 2.75) is 63.0 Å². The first-order valence-electron chi connectivity index (χ1n) is 13.4. The minimum Gasteiger partial charge on any atom is -0.428 e. The summed E-state index contributed by atoms with van der Waals surface area (Å²) in [6.07, 6.45) is 2.92. The Balaban J connectivity index is 1.70. The second kappa shape index (κ2) is 15.8.